The fourth-order valence-corrected chi connectivity index (χ4v) is 1.91. The summed E-state index contributed by atoms with van der Waals surface area (Å²) in [5.41, 5.74) is 1.06. The van der Waals surface area contributed by atoms with Gasteiger partial charge in [0.2, 0.25) is 0 Å². The Morgan fingerprint density at radius 2 is 1.84 bits per heavy atom. The lowest BCUT2D eigenvalue weighted by Gasteiger charge is -2.17. The lowest BCUT2D eigenvalue weighted by Crippen LogP contribution is -2.41. The number of hydrogen-bond donors (Lipinski definition) is 3. The number of benzene rings is 1. The predicted octanol–water partition coefficient (Wildman–Crippen LogP) is 2.45. The van der Waals surface area contributed by atoms with Crippen molar-refractivity contribution >= 4 is 6.03 Å². The Bertz CT molecular complexity index is 379. The smallest absolute Gasteiger partial charge is 0.315 e. The largest absolute Gasteiger partial charge is 0.391 e. The van der Waals surface area contributed by atoms with Gasteiger partial charge in [-0.15, -0.1) is 0 Å². The Labute approximate surface area is 115 Å². The maximum atomic E-state index is 11.7. The first-order chi connectivity index (χ1) is 8.99. The molecule has 4 heteroatoms. The van der Waals surface area contributed by atoms with E-state index < -0.39 is 6.10 Å². The molecule has 0 aromatic heterocycles. The Morgan fingerprint density at radius 3 is 2.42 bits per heavy atom. The van der Waals surface area contributed by atoms with Crippen molar-refractivity contribution in [2.45, 2.75) is 39.3 Å². The van der Waals surface area contributed by atoms with Crippen LogP contribution in [0.15, 0.2) is 30.3 Å². The fourth-order valence-electron chi connectivity index (χ4n) is 1.91. The van der Waals surface area contributed by atoms with Crippen LogP contribution in [-0.2, 0) is 0 Å². The van der Waals surface area contributed by atoms with Crippen LogP contribution >= 0.6 is 0 Å². The van der Waals surface area contributed by atoms with Crippen LogP contribution in [0.2, 0.25) is 0 Å². The van der Waals surface area contributed by atoms with Crippen molar-refractivity contribution in [2.75, 3.05) is 6.54 Å². The van der Waals surface area contributed by atoms with E-state index >= 15 is 0 Å². The fraction of sp³-hybridized carbons (Fsp3) is 0.533. The highest BCUT2D eigenvalue weighted by molar-refractivity contribution is 5.74. The summed E-state index contributed by atoms with van der Waals surface area (Å²) in [6.07, 6.45) is 0.201. The molecular weight excluding hydrogens is 240 g/mol. The van der Waals surface area contributed by atoms with Crippen molar-refractivity contribution in [3.8, 4) is 0 Å². The Morgan fingerprint density at radius 1 is 1.21 bits per heavy atom. The van der Waals surface area contributed by atoms with E-state index in [0.29, 0.717) is 12.3 Å². The van der Waals surface area contributed by atoms with Crippen molar-refractivity contribution in [3.05, 3.63) is 35.9 Å². The summed E-state index contributed by atoms with van der Waals surface area (Å²) in [6.45, 7) is 6.30. The van der Waals surface area contributed by atoms with Crippen molar-refractivity contribution in [2.24, 2.45) is 5.92 Å². The van der Waals surface area contributed by atoms with Crippen molar-refractivity contribution < 1.29 is 9.90 Å². The summed E-state index contributed by atoms with van der Waals surface area (Å²) in [4.78, 5) is 11.7. The standard InChI is InChI=1S/C15H24N2O2/c1-11(2)9-14(18)10-16-15(19)17-12(3)13-7-5-4-6-8-13/h4-8,11-12,14,18H,9-10H2,1-3H3,(H2,16,17,19). The number of amides is 2. The van der Waals surface area contributed by atoms with E-state index in [9.17, 15) is 9.90 Å². The van der Waals surface area contributed by atoms with Gasteiger partial charge in [-0.05, 0) is 24.8 Å². The van der Waals surface area contributed by atoms with Gasteiger partial charge in [-0.3, -0.25) is 0 Å². The van der Waals surface area contributed by atoms with Gasteiger partial charge in [0.25, 0.3) is 0 Å². The zero-order valence-corrected chi connectivity index (χ0v) is 11.9. The number of urea groups is 1. The predicted molar refractivity (Wildman–Crippen MR) is 76.9 cm³/mol. The van der Waals surface area contributed by atoms with Crippen LogP contribution < -0.4 is 10.6 Å². The van der Waals surface area contributed by atoms with Gasteiger partial charge >= 0.3 is 6.03 Å². The van der Waals surface area contributed by atoms with E-state index in [-0.39, 0.29) is 18.6 Å². The molecule has 0 bridgehead atoms. The quantitative estimate of drug-likeness (QED) is 0.739. The number of nitrogens with one attached hydrogen (secondary N) is 2. The van der Waals surface area contributed by atoms with Crippen LogP contribution in [0.1, 0.15) is 38.8 Å². The maximum Gasteiger partial charge on any atom is 0.315 e. The molecule has 0 aliphatic heterocycles. The molecule has 4 nitrogen and oxygen atoms in total. The Hall–Kier alpha value is -1.55. The summed E-state index contributed by atoms with van der Waals surface area (Å²) < 4.78 is 0. The second-order valence-corrected chi connectivity index (χ2v) is 5.27. The summed E-state index contributed by atoms with van der Waals surface area (Å²) in [5, 5.41) is 15.2. The lowest BCUT2D eigenvalue weighted by atomic mass is 10.1. The molecule has 2 amide bonds. The Balaban J connectivity index is 2.31. The van der Waals surface area contributed by atoms with Gasteiger partial charge in [0.15, 0.2) is 0 Å². The summed E-state index contributed by atoms with van der Waals surface area (Å²) in [5.74, 6) is 0.420. The molecule has 0 fully saturated rings. The summed E-state index contributed by atoms with van der Waals surface area (Å²) >= 11 is 0. The first-order valence-electron chi connectivity index (χ1n) is 6.76. The number of rotatable bonds is 6. The SMILES string of the molecule is CC(C)CC(O)CNC(=O)NC(C)c1ccccc1. The van der Waals surface area contributed by atoms with Crippen molar-refractivity contribution in [3.63, 3.8) is 0 Å². The molecule has 0 saturated heterocycles. The van der Waals surface area contributed by atoms with Crippen LogP contribution in [0, 0.1) is 5.92 Å². The third-order valence-corrected chi connectivity index (χ3v) is 2.89. The highest BCUT2D eigenvalue weighted by Crippen LogP contribution is 2.10. The van der Waals surface area contributed by atoms with Crippen LogP contribution in [0.3, 0.4) is 0 Å². The van der Waals surface area contributed by atoms with E-state index in [4.69, 9.17) is 0 Å². The number of hydrogen-bond acceptors (Lipinski definition) is 2. The van der Waals surface area contributed by atoms with Gasteiger partial charge in [0.1, 0.15) is 0 Å². The summed E-state index contributed by atoms with van der Waals surface area (Å²) in [6, 6.07) is 9.47. The Kier molecular flexibility index (Phi) is 6.36. The zero-order valence-electron chi connectivity index (χ0n) is 11.9. The molecule has 0 heterocycles. The van der Waals surface area contributed by atoms with E-state index in [1.54, 1.807) is 0 Å². The van der Waals surface area contributed by atoms with Gasteiger partial charge in [-0.25, -0.2) is 4.79 Å². The second kappa shape index (κ2) is 7.79. The minimum atomic E-state index is -0.488. The number of carbonyl (C=O) groups excluding carboxylic acids is 1. The van der Waals surface area contributed by atoms with Crippen LogP contribution in [0.5, 0.6) is 0 Å². The number of aliphatic hydroxyl groups is 1. The first-order valence-corrected chi connectivity index (χ1v) is 6.76. The van der Waals surface area contributed by atoms with Crippen LogP contribution in [-0.4, -0.2) is 23.8 Å². The molecule has 1 aromatic carbocycles. The molecule has 0 saturated carbocycles. The third-order valence-electron chi connectivity index (χ3n) is 2.89. The number of aliphatic hydroxyl groups excluding tert-OH is 1. The zero-order chi connectivity index (χ0) is 14.3. The molecule has 106 valence electrons. The first kappa shape index (κ1) is 15.5. The second-order valence-electron chi connectivity index (χ2n) is 5.27. The van der Waals surface area contributed by atoms with Crippen LogP contribution in [0.4, 0.5) is 4.79 Å². The molecule has 3 N–H and O–H groups in total. The van der Waals surface area contributed by atoms with Gasteiger partial charge < -0.3 is 15.7 Å². The van der Waals surface area contributed by atoms with E-state index in [2.05, 4.69) is 10.6 Å². The molecule has 2 atom stereocenters. The van der Waals surface area contributed by atoms with E-state index in [0.717, 1.165) is 5.56 Å². The molecule has 1 rings (SSSR count). The minimum Gasteiger partial charge on any atom is -0.391 e. The molecule has 0 spiro atoms. The van der Waals surface area contributed by atoms with E-state index in [1.807, 2.05) is 51.1 Å². The number of carbonyl (C=O) groups is 1. The molecule has 0 radical (unpaired) electrons. The lowest BCUT2D eigenvalue weighted by molar-refractivity contribution is 0.146. The average Bonchev–Trinajstić information content (AvgIpc) is 2.36. The van der Waals surface area contributed by atoms with Crippen molar-refractivity contribution in [1.82, 2.24) is 10.6 Å². The van der Waals surface area contributed by atoms with Gasteiger partial charge in [0, 0.05) is 6.54 Å². The minimum absolute atomic E-state index is 0.0524. The monoisotopic (exact) mass is 264 g/mol. The summed E-state index contributed by atoms with van der Waals surface area (Å²) in [7, 11) is 0. The highest BCUT2D eigenvalue weighted by Gasteiger charge is 2.11. The molecule has 1 aromatic rings. The molecule has 2 unspecified atom stereocenters. The molecule has 0 aliphatic rings. The highest BCUT2D eigenvalue weighted by atomic mass is 16.3. The van der Waals surface area contributed by atoms with Gasteiger partial charge in [-0.2, -0.15) is 0 Å². The van der Waals surface area contributed by atoms with Crippen LogP contribution in [0.25, 0.3) is 0 Å². The molecular formula is C15H24N2O2. The molecule has 19 heavy (non-hydrogen) atoms. The molecule has 0 aliphatic carbocycles. The van der Waals surface area contributed by atoms with E-state index in [1.165, 1.54) is 0 Å². The van der Waals surface area contributed by atoms with Gasteiger partial charge in [0.05, 0.1) is 12.1 Å². The third kappa shape index (κ3) is 6.25. The normalized spacial score (nSPS) is 13.9. The average molecular weight is 264 g/mol. The van der Waals surface area contributed by atoms with Crippen molar-refractivity contribution in [1.29, 1.82) is 0 Å². The topological polar surface area (TPSA) is 61.4 Å². The maximum absolute atomic E-state index is 11.7. The van der Waals surface area contributed by atoms with Gasteiger partial charge in [-0.1, -0.05) is 44.2 Å².